The van der Waals surface area contributed by atoms with Gasteiger partial charge in [0.15, 0.2) is 0 Å². The molecule has 1 atom stereocenters. The van der Waals surface area contributed by atoms with E-state index in [1.54, 1.807) is 18.2 Å². The lowest BCUT2D eigenvalue weighted by Gasteiger charge is -2.19. The second-order valence-electron chi connectivity index (χ2n) is 3.71. The van der Waals surface area contributed by atoms with E-state index in [4.69, 9.17) is 10.6 Å². The van der Waals surface area contributed by atoms with Crippen molar-refractivity contribution in [1.29, 1.82) is 0 Å². The van der Waals surface area contributed by atoms with Crippen molar-refractivity contribution in [3.05, 3.63) is 29.8 Å². The Morgan fingerprint density at radius 2 is 2.06 bits per heavy atom. The lowest BCUT2D eigenvalue weighted by molar-refractivity contribution is -0.0510. The Labute approximate surface area is 105 Å². The number of ether oxygens (including phenoxy) is 2. The highest BCUT2D eigenvalue weighted by Gasteiger charge is 2.17. The van der Waals surface area contributed by atoms with Crippen LogP contribution < -0.4 is 16.0 Å². The lowest BCUT2D eigenvalue weighted by Crippen LogP contribution is -2.32. The largest absolute Gasteiger partial charge is 0.434 e. The van der Waals surface area contributed by atoms with E-state index in [0.29, 0.717) is 18.8 Å². The van der Waals surface area contributed by atoms with Crippen molar-refractivity contribution in [1.82, 2.24) is 5.43 Å². The molecule has 1 aromatic carbocycles. The van der Waals surface area contributed by atoms with E-state index in [-0.39, 0.29) is 11.8 Å². The van der Waals surface area contributed by atoms with E-state index in [1.165, 1.54) is 6.07 Å². The molecule has 1 unspecified atom stereocenters. The molecule has 3 N–H and O–H groups in total. The third-order valence-electron chi connectivity index (χ3n) is 2.34. The van der Waals surface area contributed by atoms with Gasteiger partial charge in [-0.15, -0.1) is 0 Å². The summed E-state index contributed by atoms with van der Waals surface area (Å²) in [6, 6.07) is 6.13. The highest BCUT2D eigenvalue weighted by molar-refractivity contribution is 5.36. The Balaban J connectivity index is 2.77. The van der Waals surface area contributed by atoms with Crippen LogP contribution in [0.3, 0.4) is 0 Å². The van der Waals surface area contributed by atoms with Gasteiger partial charge in [0.05, 0.1) is 12.6 Å². The Hall–Kier alpha value is -1.24. The SMILES string of the molecule is CCCOCC(NN)c1ccccc1OC(F)F. The summed E-state index contributed by atoms with van der Waals surface area (Å²) in [5.41, 5.74) is 3.09. The predicted octanol–water partition coefficient (Wildman–Crippen LogP) is 2.22. The molecular weight excluding hydrogens is 242 g/mol. The van der Waals surface area contributed by atoms with Crippen molar-refractivity contribution in [3.63, 3.8) is 0 Å². The van der Waals surface area contributed by atoms with Crippen LogP contribution in [0, 0.1) is 0 Å². The zero-order chi connectivity index (χ0) is 13.4. The number of hydrogen-bond donors (Lipinski definition) is 2. The molecule has 0 amide bonds. The summed E-state index contributed by atoms with van der Waals surface area (Å²) in [5.74, 6) is 5.52. The molecule has 0 aliphatic rings. The summed E-state index contributed by atoms with van der Waals surface area (Å²) >= 11 is 0. The molecule has 0 bridgehead atoms. The standard InChI is InChI=1S/C12H18F2N2O2/c1-2-7-17-8-10(16-15)9-5-3-4-6-11(9)18-12(13)14/h3-6,10,12,16H,2,7-8,15H2,1H3. The number of rotatable bonds is 8. The molecule has 1 aromatic rings. The fraction of sp³-hybridized carbons (Fsp3) is 0.500. The number of hydrazine groups is 1. The first-order chi connectivity index (χ1) is 8.69. The molecule has 4 nitrogen and oxygen atoms in total. The van der Waals surface area contributed by atoms with E-state index in [1.807, 2.05) is 6.92 Å². The van der Waals surface area contributed by atoms with Crippen LogP contribution in [0.15, 0.2) is 24.3 Å². The van der Waals surface area contributed by atoms with Gasteiger partial charge >= 0.3 is 6.61 Å². The van der Waals surface area contributed by atoms with Gasteiger partial charge in [-0.1, -0.05) is 25.1 Å². The minimum Gasteiger partial charge on any atom is -0.434 e. The van der Waals surface area contributed by atoms with Crippen LogP contribution in [-0.4, -0.2) is 19.8 Å². The second kappa shape index (κ2) is 7.97. The zero-order valence-corrected chi connectivity index (χ0v) is 10.2. The number of benzene rings is 1. The molecule has 0 fully saturated rings. The highest BCUT2D eigenvalue weighted by atomic mass is 19.3. The topological polar surface area (TPSA) is 56.5 Å². The van der Waals surface area contributed by atoms with E-state index in [9.17, 15) is 8.78 Å². The predicted molar refractivity (Wildman–Crippen MR) is 64.2 cm³/mol. The quantitative estimate of drug-likeness (QED) is 0.427. The van der Waals surface area contributed by atoms with Gasteiger partial charge in [0.2, 0.25) is 0 Å². The molecule has 0 saturated carbocycles. The van der Waals surface area contributed by atoms with Gasteiger partial charge in [0.1, 0.15) is 5.75 Å². The summed E-state index contributed by atoms with van der Waals surface area (Å²) in [6.45, 7) is 0.0177. The summed E-state index contributed by atoms with van der Waals surface area (Å²) in [5, 5.41) is 0. The average molecular weight is 260 g/mol. The molecule has 0 heterocycles. The molecule has 102 valence electrons. The van der Waals surface area contributed by atoms with Crippen molar-refractivity contribution >= 4 is 0 Å². The first-order valence-corrected chi connectivity index (χ1v) is 5.76. The van der Waals surface area contributed by atoms with Crippen molar-refractivity contribution in [2.24, 2.45) is 5.84 Å². The maximum Gasteiger partial charge on any atom is 0.387 e. The average Bonchev–Trinajstić information content (AvgIpc) is 2.35. The number of nitrogens with one attached hydrogen (secondary N) is 1. The van der Waals surface area contributed by atoms with Crippen LogP contribution in [0.1, 0.15) is 24.9 Å². The Bertz CT molecular complexity index is 351. The number of alkyl halides is 2. The minimum atomic E-state index is -2.86. The monoisotopic (exact) mass is 260 g/mol. The van der Waals surface area contributed by atoms with E-state index in [2.05, 4.69) is 10.2 Å². The highest BCUT2D eigenvalue weighted by Crippen LogP contribution is 2.26. The molecule has 0 aliphatic carbocycles. The van der Waals surface area contributed by atoms with Gasteiger partial charge in [-0.05, 0) is 12.5 Å². The molecule has 0 saturated heterocycles. The maximum atomic E-state index is 12.3. The zero-order valence-electron chi connectivity index (χ0n) is 10.2. The summed E-state index contributed by atoms with van der Waals surface area (Å²) in [6.07, 6.45) is 0.881. The molecule has 6 heteroatoms. The Kier molecular flexibility index (Phi) is 6.56. The lowest BCUT2D eigenvalue weighted by atomic mass is 10.1. The van der Waals surface area contributed by atoms with Crippen molar-refractivity contribution in [2.45, 2.75) is 26.0 Å². The van der Waals surface area contributed by atoms with E-state index < -0.39 is 6.61 Å². The normalized spacial score (nSPS) is 12.7. The van der Waals surface area contributed by atoms with Gasteiger partial charge < -0.3 is 9.47 Å². The summed E-state index contributed by atoms with van der Waals surface area (Å²) in [4.78, 5) is 0. The van der Waals surface area contributed by atoms with Crippen molar-refractivity contribution in [2.75, 3.05) is 13.2 Å². The van der Waals surface area contributed by atoms with E-state index >= 15 is 0 Å². The number of halogens is 2. The van der Waals surface area contributed by atoms with Gasteiger partial charge in [-0.2, -0.15) is 8.78 Å². The van der Waals surface area contributed by atoms with Crippen LogP contribution in [0.25, 0.3) is 0 Å². The molecule has 0 aliphatic heterocycles. The molecule has 0 aromatic heterocycles. The molecule has 0 radical (unpaired) electrons. The van der Waals surface area contributed by atoms with Crippen LogP contribution in [0.4, 0.5) is 8.78 Å². The Morgan fingerprint density at radius 1 is 1.33 bits per heavy atom. The second-order valence-corrected chi connectivity index (χ2v) is 3.71. The van der Waals surface area contributed by atoms with Crippen LogP contribution >= 0.6 is 0 Å². The first-order valence-electron chi connectivity index (χ1n) is 5.76. The number of hydrogen-bond acceptors (Lipinski definition) is 4. The van der Waals surface area contributed by atoms with Gasteiger partial charge in [-0.3, -0.25) is 11.3 Å². The molecule has 1 rings (SSSR count). The van der Waals surface area contributed by atoms with Gasteiger partial charge in [0, 0.05) is 12.2 Å². The number of nitrogens with two attached hydrogens (primary N) is 1. The fourth-order valence-corrected chi connectivity index (χ4v) is 1.54. The summed E-state index contributed by atoms with van der Waals surface area (Å²) < 4.78 is 34.4. The van der Waals surface area contributed by atoms with E-state index in [0.717, 1.165) is 6.42 Å². The van der Waals surface area contributed by atoms with Gasteiger partial charge in [0.25, 0.3) is 0 Å². The van der Waals surface area contributed by atoms with Crippen molar-refractivity contribution < 1.29 is 18.3 Å². The Morgan fingerprint density at radius 3 is 2.67 bits per heavy atom. The maximum absolute atomic E-state index is 12.3. The molecule has 0 spiro atoms. The minimum absolute atomic E-state index is 0.107. The first kappa shape index (κ1) is 14.8. The number of para-hydroxylation sites is 1. The third-order valence-corrected chi connectivity index (χ3v) is 2.34. The van der Waals surface area contributed by atoms with Crippen molar-refractivity contribution in [3.8, 4) is 5.75 Å². The molecular formula is C12H18F2N2O2. The van der Waals surface area contributed by atoms with Crippen LogP contribution in [0.5, 0.6) is 5.75 Å². The fourth-order valence-electron chi connectivity index (χ4n) is 1.54. The smallest absolute Gasteiger partial charge is 0.387 e. The van der Waals surface area contributed by atoms with Crippen LogP contribution in [0.2, 0.25) is 0 Å². The van der Waals surface area contributed by atoms with Crippen LogP contribution in [-0.2, 0) is 4.74 Å². The summed E-state index contributed by atoms with van der Waals surface area (Å²) in [7, 11) is 0. The van der Waals surface area contributed by atoms with Gasteiger partial charge in [-0.25, -0.2) is 0 Å². The molecule has 18 heavy (non-hydrogen) atoms. The third kappa shape index (κ3) is 4.56.